The normalized spacial score (nSPS) is 15.5. The van der Waals surface area contributed by atoms with Gasteiger partial charge >= 0.3 is 0 Å². The predicted molar refractivity (Wildman–Crippen MR) is 120 cm³/mol. The Balaban J connectivity index is 1.33. The molecule has 1 aliphatic heterocycles. The summed E-state index contributed by atoms with van der Waals surface area (Å²) in [4.78, 5) is 19.2. The number of hydrogen-bond donors (Lipinski definition) is 2. The number of likely N-dealkylation sites (tertiary alicyclic amines) is 1. The number of nitrogens with zero attached hydrogens (tertiary/aromatic N) is 1. The van der Waals surface area contributed by atoms with Gasteiger partial charge in [0, 0.05) is 27.7 Å². The Morgan fingerprint density at radius 1 is 1.21 bits per heavy atom. The van der Waals surface area contributed by atoms with Crippen molar-refractivity contribution >= 4 is 34.3 Å². The van der Waals surface area contributed by atoms with Crippen LogP contribution < -0.4 is 10.1 Å². The second kappa shape index (κ2) is 8.93. The van der Waals surface area contributed by atoms with Crippen LogP contribution in [0.5, 0.6) is 5.75 Å². The number of piperidine rings is 1. The molecular formula is C23H27N3O2S. The molecule has 3 aromatic rings. The molecule has 0 atom stereocenters. The highest BCUT2D eigenvalue weighted by Gasteiger charge is 2.24. The van der Waals surface area contributed by atoms with E-state index in [2.05, 4.69) is 33.5 Å². The molecule has 1 aliphatic rings. The number of fused-ring (bicyclic) bond motifs is 1. The Hall–Kier alpha value is -2.44. The number of carbonyl (C=O) groups excluding carboxylic acids is 1. The maximum atomic E-state index is 12.4. The van der Waals surface area contributed by atoms with Crippen molar-refractivity contribution in [1.29, 1.82) is 0 Å². The molecule has 5 nitrogen and oxygen atoms in total. The van der Waals surface area contributed by atoms with Crippen LogP contribution in [0.25, 0.3) is 10.9 Å². The summed E-state index contributed by atoms with van der Waals surface area (Å²) in [7, 11) is 1.70. The van der Waals surface area contributed by atoms with Crippen LogP contribution in [-0.4, -0.2) is 48.8 Å². The van der Waals surface area contributed by atoms with E-state index in [0.717, 1.165) is 42.9 Å². The quantitative estimate of drug-likeness (QED) is 0.579. The number of aromatic nitrogens is 1. The molecule has 1 saturated heterocycles. The van der Waals surface area contributed by atoms with E-state index in [-0.39, 0.29) is 5.91 Å². The highest BCUT2D eigenvalue weighted by molar-refractivity contribution is 7.98. The first-order chi connectivity index (χ1) is 14.2. The zero-order chi connectivity index (χ0) is 20.2. The van der Waals surface area contributed by atoms with Gasteiger partial charge in [0.15, 0.2) is 0 Å². The molecule has 4 rings (SSSR count). The number of hydrogen-bond acceptors (Lipinski definition) is 4. The fourth-order valence-electron chi connectivity index (χ4n) is 4.07. The van der Waals surface area contributed by atoms with Crippen LogP contribution in [0.1, 0.15) is 24.3 Å². The van der Waals surface area contributed by atoms with Crippen LogP contribution in [0, 0.1) is 0 Å². The zero-order valence-corrected chi connectivity index (χ0v) is 17.7. The molecule has 0 saturated carbocycles. The summed E-state index contributed by atoms with van der Waals surface area (Å²) in [6, 6.07) is 14.1. The fourth-order valence-corrected chi connectivity index (χ4v) is 4.47. The Bertz CT molecular complexity index is 975. The Labute approximate surface area is 175 Å². The Kier molecular flexibility index (Phi) is 6.11. The van der Waals surface area contributed by atoms with E-state index in [1.807, 2.05) is 36.6 Å². The maximum Gasteiger partial charge on any atom is 0.238 e. The van der Waals surface area contributed by atoms with Crippen LogP contribution in [0.4, 0.5) is 5.69 Å². The largest absolute Gasteiger partial charge is 0.497 e. The van der Waals surface area contributed by atoms with E-state index < -0.39 is 0 Å². The Morgan fingerprint density at radius 3 is 2.66 bits per heavy atom. The minimum atomic E-state index is 0.0529. The van der Waals surface area contributed by atoms with Crippen molar-refractivity contribution in [3.63, 3.8) is 0 Å². The highest BCUT2D eigenvalue weighted by atomic mass is 32.2. The van der Waals surface area contributed by atoms with Crippen molar-refractivity contribution in [3.8, 4) is 5.75 Å². The lowest BCUT2D eigenvalue weighted by Crippen LogP contribution is -2.38. The van der Waals surface area contributed by atoms with Crippen LogP contribution in [0.2, 0.25) is 0 Å². The number of benzene rings is 2. The summed E-state index contributed by atoms with van der Waals surface area (Å²) >= 11 is 1.70. The molecule has 0 radical (unpaired) electrons. The maximum absolute atomic E-state index is 12.4. The monoisotopic (exact) mass is 409 g/mol. The first-order valence-electron chi connectivity index (χ1n) is 9.97. The smallest absolute Gasteiger partial charge is 0.238 e. The molecule has 152 valence electrons. The Morgan fingerprint density at radius 2 is 1.97 bits per heavy atom. The first-order valence-corrected chi connectivity index (χ1v) is 11.2. The van der Waals surface area contributed by atoms with Gasteiger partial charge in [0.05, 0.1) is 13.7 Å². The molecule has 0 spiro atoms. The van der Waals surface area contributed by atoms with E-state index in [4.69, 9.17) is 4.74 Å². The van der Waals surface area contributed by atoms with Gasteiger partial charge in [-0.2, -0.15) is 0 Å². The second-order valence-electron chi connectivity index (χ2n) is 7.48. The first kappa shape index (κ1) is 19.9. The van der Waals surface area contributed by atoms with Crippen molar-refractivity contribution in [2.75, 3.05) is 38.3 Å². The minimum absolute atomic E-state index is 0.0529. The third-order valence-electron chi connectivity index (χ3n) is 5.69. The van der Waals surface area contributed by atoms with E-state index in [9.17, 15) is 4.79 Å². The summed E-state index contributed by atoms with van der Waals surface area (Å²) in [6.07, 6.45) is 6.29. The summed E-state index contributed by atoms with van der Waals surface area (Å²) in [5.41, 5.74) is 3.36. The lowest BCUT2D eigenvalue weighted by atomic mass is 9.89. The molecule has 2 N–H and O–H groups in total. The van der Waals surface area contributed by atoms with E-state index >= 15 is 0 Å². The zero-order valence-electron chi connectivity index (χ0n) is 16.9. The predicted octanol–water partition coefficient (Wildman–Crippen LogP) is 4.72. The molecular weight excluding hydrogens is 382 g/mol. The van der Waals surface area contributed by atoms with Gasteiger partial charge in [0.1, 0.15) is 5.75 Å². The van der Waals surface area contributed by atoms with Gasteiger partial charge in [-0.05, 0) is 86.1 Å². The van der Waals surface area contributed by atoms with E-state index in [1.165, 1.54) is 15.8 Å². The number of methoxy groups -OCH3 is 1. The SMILES string of the molecule is COc1ccc2[nH]cc(C3CCN(CC(=O)Nc4ccc(SC)cc4)CC3)c2c1. The molecule has 2 heterocycles. The van der Waals surface area contributed by atoms with Crippen molar-refractivity contribution in [1.82, 2.24) is 9.88 Å². The minimum Gasteiger partial charge on any atom is -0.497 e. The third-order valence-corrected chi connectivity index (χ3v) is 6.43. The van der Waals surface area contributed by atoms with E-state index in [0.29, 0.717) is 12.5 Å². The molecule has 29 heavy (non-hydrogen) atoms. The molecule has 2 aromatic carbocycles. The van der Waals surface area contributed by atoms with Gasteiger partial charge < -0.3 is 15.0 Å². The summed E-state index contributed by atoms with van der Waals surface area (Å²) < 4.78 is 5.39. The van der Waals surface area contributed by atoms with Crippen molar-refractivity contribution in [2.24, 2.45) is 0 Å². The van der Waals surface area contributed by atoms with Crippen LogP contribution in [-0.2, 0) is 4.79 Å². The average Bonchev–Trinajstić information content (AvgIpc) is 3.18. The molecule has 1 aromatic heterocycles. The van der Waals surface area contributed by atoms with Crippen LogP contribution in [0.15, 0.2) is 53.6 Å². The standard InChI is InChI=1S/C23H27N3O2S/c1-28-18-5-8-22-20(13-18)21(14-24-22)16-9-11-26(12-10-16)15-23(27)25-17-3-6-19(29-2)7-4-17/h3-8,13-14,16,24H,9-12,15H2,1-2H3,(H,25,27). The van der Waals surface area contributed by atoms with Gasteiger partial charge in [-0.25, -0.2) is 0 Å². The van der Waals surface area contributed by atoms with E-state index in [1.54, 1.807) is 18.9 Å². The lowest BCUT2D eigenvalue weighted by molar-refractivity contribution is -0.117. The summed E-state index contributed by atoms with van der Waals surface area (Å²) in [5.74, 6) is 1.45. The number of H-pyrrole nitrogens is 1. The number of ether oxygens (including phenoxy) is 1. The van der Waals surface area contributed by atoms with Gasteiger partial charge in [-0.1, -0.05) is 0 Å². The van der Waals surface area contributed by atoms with Gasteiger partial charge in [-0.3, -0.25) is 9.69 Å². The van der Waals surface area contributed by atoms with Crippen LogP contribution in [0.3, 0.4) is 0 Å². The number of nitrogens with one attached hydrogen (secondary N) is 2. The molecule has 0 unspecified atom stereocenters. The molecule has 6 heteroatoms. The van der Waals surface area contributed by atoms with Crippen molar-refractivity contribution in [2.45, 2.75) is 23.7 Å². The topological polar surface area (TPSA) is 57.4 Å². The fraction of sp³-hybridized carbons (Fsp3) is 0.348. The van der Waals surface area contributed by atoms with Gasteiger partial charge in [0.2, 0.25) is 5.91 Å². The summed E-state index contributed by atoms with van der Waals surface area (Å²) in [6.45, 7) is 2.30. The van der Waals surface area contributed by atoms with Gasteiger partial charge in [-0.15, -0.1) is 11.8 Å². The lowest BCUT2D eigenvalue weighted by Gasteiger charge is -2.31. The van der Waals surface area contributed by atoms with Gasteiger partial charge in [0.25, 0.3) is 0 Å². The third kappa shape index (κ3) is 4.60. The van der Waals surface area contributed by atoms with Crippen LogP contribution >= 0.6 is 11.8 Å². The number of amides is 1. The number of anilines is 1. The number of rotatable bonds is 6. The number of aromatic amines is 1. The van der Waals surface area contributed by atoms with Crippen molar-refractivity contribution < 1.29 is 9.53 Å². The number of carbonyl (C=O) groups is 1. The number of thioether (sulfide) groups is 1. The second-order valence-corrected chi connectivity index (χ2v) is 8.36. The molecule has 1 fully saturated rings. The molecule has 0 aliphatic carbocycles. The average molecular weight is 410 g/mol. The summed E-state index contributed by atoms with van der Waals surface area (Å²) in [5, 5.41) is 4.25. The highest BCUT2D eigenvalue weighted by Crippen LogP contribution is 2.34. The molecule has 0 bridgehead atoms. The van der Waals surface area contributed by atoms with Crippen molar-refractivity contribution in [3.05, 3.63) is 54.2 Å². The molecule has 1 amide bonds.